The molecule has 1 aromatic rings. The van der Waals surface area contributed by atoms with Crippen LogP contribution < -0.4 is 4.74 Å². The molecule has 0 radical (unpaired) electrons. The quantitative estimate of drug-likeness (QED) is 0.407. The van der Waals surface area contributed by atoms with Crippen molar-refractivity contribution >= 4 is 6.08 Å². The molecule has 0 saturated carbocycles. The van der Waals surface area contributed by atoms with Crippen LogP contribution in [0.1, 0.15) is 25.3 Å². The monoisotopic (exact) mass is 205 g/mol. The van der Waals surface area contributed by atoms with Gasteiger partial charge in [0, 0.05) is 0 Å². The average Bonchev–Trinajstić information content (AvgIpc) is 2.28. The molecule has 0 unspecified atom stereocenters. The van der Waals surface area contributed by atoms with Gasteiger partial charge in [-0.1, -0.05) is 25.5 Å². The fourth-order valence-corrected chi connectivity index (χ4v) is 1.15. The molecule has 3 heteroatoms. The van der Waals surface area contributed by atoms with Crippen LogP contribution in [0.5, 0.6) is 5.75 Å². The van der Waals surface area contributed by atoms with Crippen molar-refractivity contribution in [1.29, 1.82) is 0 Å². The molecule has 0 aromatic heterocycles. The Hall–Kier alpha value is -1.60. The van der Waals surface area contributed by atoms with E-state index in [9.17, 15) is 4.79 Å². The highest BCUT2D eigenvalue weighted by Crippen LogP contribution is 2.13. The van der Waals surface area contributed by atoms with E-state index in [1.165, 1.54) is 6.08 Å². The second kappa shape index (κ2) is 6.80. The zero-order valence-electron chi connectivity index (χ0n) is 8.90. The summed E-state index contributed by atoms with van der Waals surface area (Å²) in [6, 6.07) is 7.60. The van der Waals surface area contributed by atoms with Gasteiger partial charge in [0.25, 0.3) is 0 Å². The van der Waals surface area contributed by atoms with E-state index < -0.39 is 0 Å². The van der Waals surface area contributed by atoms with E-state index in [4.69, 9.17) is 4.74 Å². The fourth-order valence-electron chi connectivity index (χ4n) is 1.15. The standard InChI is InChI=1S/C12H15NO2/c1-2-3-8-15-12-6-4-11(5-7-12)9-13-10-14/h4-7H,2-3,8-9H2,1H3. The van der Waals surface area contributed by atoms with Crippen LogP contribution in [0.15, 0.2) is 29.3 Å². The Kier molecular flexibility index (Phi) is 5.20. The van der Waals surface area contributed by atoms with Crippen LogP contribution in [-0.2, 0) is 11.3 Å². The number of carbonyl (C=O) groups excluding carboxylic acids is 1. The molecule has 0 atom stereocenters. The minimum Gasteiger partial charge on any atom is -0.494 e. The van der Waals surface area contributed by atoms with Gasteiger partial charge in [-0.3, -0.25) is 0 Å². The highest BCUT2D eigenvalue weighted by atomic mass is 16.5. The van der Waals surface area contributed by atoms with Crippen molar-refractivity contribution in [2.24, 2.45) is 4.99 Å². The van der Waals surface area contributed by atoms with E-state index in [1.807, 2.05) is 24.3 Å². The lowest BCUT2D eigenvalue weighted by molar-refractivity contribution is 0.309. The molecular weight excluding hydrogens is 190 g/mol. The summed E-state index contributed by atoms with van der Waals surface area (Å²) in [5, 5.41) is 0. The van der Waals surface area contributed by atoms with Crippen LogP contribution in [0, 0.1) is 0 Å². The predicted molar refractivity (Wildman–Crippen MR) is 58.7 cm³/mol. The minimum absolute atomic E-state index is 0.388. The van der Waals surface area contributed by atoms with Gasteiger partial charge in [-0.15, -0.1) is 0 Å². The summed E-state index contributed by atoms with van der Waals surface area (Å²) in [6.07, 6.45) is 3.71. The van der Waals surface area contributed by atoms with E-state index in [0.717, 1.165) is 30.8 Å². The Bertz CT molecular complexity index is 326. The number of hydrogen-bond donors (Lipinski definition) is 0. The SMILES string of the molecule is CCCCOc1ccc(CN=C=O)cc1. The number of rotatable bonds is 6. The molecule has 0 aliphatic heterocycles. The maximum atomic E-state index is 9.90. The third-order valence-corrected chi connectivity index (χ3v) is 2.02. The number of isocyanates is 1. The first-order valence-corrected chi connectivity index (χ1v) is 5.12. The molecule has 1 rings (SSSR count). The summed E-state index contributed by atoms with van der Waals surface area (Å²) in [5.41, 5.74) is 0.987. The Morgan fingerprint density at radius 3 is 2.67 bits per heavy atom. The van der Waals surface area contributed by atoms with E-state index in [-0.39, 0.29) is 0 Å². The molecule has 0 bridgehead atoms. The van der Waals surface area contributed by atoms with E-state index in [2.05, 4.69) is 11.9 Å². The van der Waals surface area contributed by atoms with E-state index in [1.54, 1.807) is 0 Å². The van der Waals surface area contributed by atoms with Crippen molar-refractivity contribution in [1.82, 2.24) is 0 Å². The minimum atomic E-state index is 0.388. The first kappa shape index (κ1) is 11.5. The zero-order chi connectivity index (χ0) is 10.9. The normalized spacial score (nSPS) is 9.40. The molecule has 0 saturated heterocycles. The van der Waals surface area contributed by atoms with Crippen LogP contribution >= 0.6 is 0 Å². The molecule has 0 amide bonds. The number of nitrogens with zero attached hydrogens (tertiary/aromatic N) is 1. The molecule has 0 aliphatic rings. The number of benzene rings is 1. The summed E-state index contributed by atoms with van der Waals surface area (Å²) >= 11 is 0. The number of hydrogen-bond acceptors (Lipinski definition) is 3. The number of unbranched alkanes of at least 4 members (excludes halogenated alkanes) is 1. The molecule has 0 heterocycles. The molecule has 1 aromatic carbocycles. The van der Waals surface area contributed by atoms with Crippen molar-refractivity contribution < 1.29 is 9.53 Å². The molecule has 15 heavy (non-hydrogen) atoms. The van der Waals surface area contributed by atoms with Gasteiger partial charge in [0.1, 0.15) is 5.75 Å². The summed E-state index contributed by atoms with van der Waals surface area (Å²) in [5.74, 6) is 0.863. The van der Waals surface area contributed by atoms with Gasteiger partial charge >= 0.3 is 0 Å². The number of ether oxygens (including phenoxy) is 1. The first-order chi connectivity index (χ1) is 7.36. The molecule has 0 fully saturated rings. The van der Waals surface area contributed by atoms with Crippen LogP contribution in [0.25, 0.3) is 0 Å². The van der Waals surface area contributed by atoms with Crippen LogP contribution in [-0.4, -0.2) is 12.7 Å². The van der Waals surface area contributed by atoms with E-state index in [0.29, 0.717) is 6.54 Å². The second-order valence-corrected chi connectivity index (χ2v) is 3.25. The van der Waals surface area contributed by atoms with Gasteiger partial charge in [0.15, 0.2) is 0 Å². The maximum absolute atomic E-state index is 9.90. The highest BCUT2D eigenvalue weighted by Gasteiger charge is 1.94. The first-order valence-electron chi connectivity index (χ1n) is 5.12. The summed E-state index contributed by atoms with van der Waals surface area (Å²) in [4.78, 5) is 13.4. The third kappa shape index (κ3) is 4.43. The van der Waals surface area contributed by atoms with Crippen LogP contribution in [0.3, 0.4) is 0 Å². The predicted octanol–water partition coefficient (Wildman–Crippen LogP) is 2.70. The van der Waals surface area contributed by atoms with E-state index >= 15 is 0 Å². The molecular formula is C12H15NO2. The summed E-state index contributed by atoms with van der Waals surface area (Å²) in [6.45, 7) is 3.27. The molecule has 0 N–H and O–H groups in total. The van der Waals surface area contributed by atoms with Crippen molar-refractivity contribution in [3.05, 3.63) is 29.8 Å². The van der Waals surface area contributed by atoms with Crippen molar-refractivity contribution in [3.8, 4) is 5.75 Å². The Labute approximate surface area is 89.8 Å². The van der Waals surface area contributed by atoms with Gasteiger partial charge in [-0.05, 0) is 24.1 Å². The second-order valence-electron chi connectivity index (χ2n) is 3.25. The van der Waals surface area contributed by atoms with Gasteiger partial charge < -0.3 is 4.74 Å². The van der Waals surface area contributed by atoms with Gasteiger partial charge in [-0.2, -0.15) is 0 Å². The largest absolute Gasteiger partial charge is 0.494 e. The van der Waals surface area contributed by atoms with Crippen LogP contribution in [0.4, 0.5) is 0 Å². The Morgan fingerprint density at radius 2 is 2.07 bits per heavy atom. The zero-order valence-corrected chi connectivity index (χ0v) is 8.90. The topological polar surface area (TPSA) is 38.7 Å². The molecule has 80 valence electrons. The third-order valence-electron chi connectivity index (χ3n) is 2.02. The molecule has 3 nitrogen and oxygen atoms in total. The summed E-state index contributed by atoms with van der Waals surface area (Å²) in [7, 11) is 0. The lowest BCUT2D eigenvalue weighted by Crippen LogP contribution is -1.96. The van der Waals surface area contributed by atoms with Crippen LogP contribution in [0.2, 0.25) is 0 Å². The summed E-state index contributed by atoms with van der Waals surface area (Å²) < 4.78 is 5.50. The lowest BCUT2D eigenvalue weighted by Gasteiger charge is -2.05. The van der Waals surface area contributed by atoms with Gasteiger partial charge in [0.2, 0.25) is 6.08 Å². The Balaban J connectivity index is 2.44. The Morgan fingerprint density at radius 1 is 1.33 bits per heavy atom. The maximum Gasteiger partial charge on any atom is 0.235 e. The lowest BCUT2D eigenvalue weighted by atomic mass is 10.2. The van der Waals surface area contributed by atoms with Gasteiger partial charge in [0.05, 0.1) is 13.2 Å². The number of aliphatic imine (C=N–C) groups is 1. The van der Waals surface area contributed by atoms with Crippen molar-refractivity contribution in [2.75, 3.05) is 6.61 Å². The van der Waals surface area contributed by atoms with Crippen molar-refractivity contribution in [2.45, 2.75) is 26.3 Å². The average molecular weight is 205 g/mol. The van der Waals surface area contributed by atoms with Crippen molar-refractivity contribution in [3.63, 3.8) is 0 Å². The molecule has 0 aliphatic carbocycles. The fraction of sp³-hybridized carbons (Fsp3) is 0.417. The van der Waals surface area contributed by atoms with Gasteiger partial charge in [-0.25, -0.2) is 9.79 Å². The molecule has 0 spiro atoms. The smallest absolute Gasteiger partial charge is 0.235 e. The highest BCUT2D eigenvalue weighted by molar-refractivity contribution is 5.34.